The summed E-state index contributed by atoms with van der Waals surface area (Å²) in [7, 11) is 0. The lowest BCUT2D eigenvalue weighted by molar-refractivity contribution is 0.0587. The SMILES string of the molecule is NC(=O)c1ccc(C(=O)N2CCC3(CCN(Cc4ccccc4)C3)CC2)cc1. The van der Waals surface area contributed by atoms with E-state index in [0.29, 0.717) is 16.5 Å². The molecule has 2 aliphatic heterocycles. The zero-order valence-corrected chi connectivity index (χ0v) is 16.1. The number of piperidine rings is 1. The highest BCUT2D eigenvalue weighted by atomic mass is 16.2. The zero-order chi connectivity index (χ0) is 19.6. The van der Waals surface area contributed by atoms with Crippen LogP contribution in [-0.2, 0) is 6.54 Å². The fourth-order valence-corrected chi connectivity index (χ4v) is 4.56. The summed E-state index contributed by atoms with van der Waals surface area (Å²) < 4.78 is 0. The van der Waals surface area contributed by atoms with Crippen LogP contribution in [0.15, 0.2) is 54.6 Å². The van der Waals surface area contributed by atoms with Gasteiger partial charge >= 0.3 is 0 Å². The molecular formula is C23H27N3O2. The van der Waals surface area contributed by atoms with Gasteiger partial charge in [-0.1, -0.05) is 30.3 Å². The molecule has 2 saturated heterocycles. The van der Waals surface area contributed by atoms with Crippen molar-refractivity contribution in [2.45, 2.75) is 25.8 Å². The molecule has 2 N–H and O–H groups in total. The van der Waals surface area contributed by atoms with Crippen LogP contribution in [0.25, 0.3) is 0 Å². The fraction of sp³-hybridized carbons (Fsp3) is 0.391. The van der Waals surface area contributed by atoms with Gasteiger partial charge in [0.15, 0.2) is 0 Å². The van der Waals surface area contributed by atoms with Crippen LogP contribution in [0.4, 0.5) is 0 Å². The van der Waals surface area contributed by atoms with Crippen molar-refractivity contribution in [3.05, 3.63) is 71.3 Å². The quantitative estimate of drug-likeness (QED) is 0.891. The summed E-state index contributed by atoms with van der Waals surface area (Å²) in [6, 6.07) is 17.3. The topological polar surface area (TPSA) is 66.6 Å². The molecule has 2 fully saturated rings. The van der Waals surface area contributed by atoms with Crippen molar-refractivity contribution in [2.24, 2.45) is 11.1 Å². The first-order valence-corrected chi connectivity index (χ1v) is 10.0. The lowest BCUT2D eigenvalue weighted by atomic mass is 9.77. The van der Waals surface area contributed by atoms with Gasteiger partial charge in [-0.25, -0.2) is 0 Å². The van der Waals surface area contributed by atoms with Crippen LogP contribution in [0, 0.1) is 5.41 Å². The maximum absolute atomic E-state index is 12.8. The van der Waals surface area contributed by atoms with Gasteiger partial charge in [0.2, 0.25) is 5.91 Å². The van der Waals surface area contributed by atoms with E-state index >= 15 is 0 Å². The first-order valence-electron chi connectivity index (χ1n) is 10.0. The average molecular weight is 377 g/mol. The maximum atomic E-state index is 12.8. The van der Waals surface area contributed by atoms with Gasteiger partial charge in [-0.2, -0.15) is 0 Å². The monoisotopic (exact) mass is 377 g/mol. The Bertz CT molecular complexity index is 840. The van der Waals surface area contributed by atoms with Crippen LogP contribution in [0.5, 0.6) is 0 Å². The van der Waals surface area contributed by atoms with Gasteiger partial charge in [-0.05, 0) is 61.1 Å². The molecule has 0 radical (unpaired) electrons. The molecule has 0 bridgehead atoms. The number of nitrogens with zero attached hydrogens (tertiary/aromatic N) is 2. The molecule has 146 valence electrons. The van der Waals surface area contributed by atoms with Gasteiger partial charge in [0.25, 0.3) is 5.91 Å². The number of nitrogens with two attached hydrogens (primary N) is 1. The van der Waals surface area contributed by atoms with E-state index in [2.05, 4.69) is 35.2 Å². The largest absolute Gasteiger partial charge is 0.366 e. The number of likely N-dealkylation sites (tertiary alicyclic amines) is 2. The number of benzene rings is 2. The molecular weight excluding hydrogens is 350 g/mol. The lowest BCUT2D eigenvalue weighted by Crippen LogP contribution is -2.44. The standard InChI is InChI=1S/C23H27N3O2/c24-21(27)19-6-8-20(9-7-19)22(28)26-14-11-23(12-15-26)10-13-25(17-23)16-18-4-2-1-3-5-18/h1-9H,10-17H2,(H2,24,27). The van der Waals surface area contributed by atoms with Gasteiger partial charge in [0, 0.05) is 37.3 Å². The van der Waals surface area contributed by atoms with E-state index in [1.807, 2.05) is 4.90 Å². The number of amides is 2. The molecule has 0 saturated carbocycles. The second-order valence-electron chi connectivity index (χ2n) is 8.18. The van der Waals surface area contributed by atoms with Crippen molar-refractivity contribution < 1.29 is 9.59 Å². The molecule has 2 aromatic carbocycles. The number of carbonyl (C=O) groups excluding carboxylic acids is 2. The van der Waals surface area contributed by atoms with Crippen molar-refractivity contribution in [2.75, 3.05) is 26.2 Å². The summed E-state index contributed by atoms with van der Waals surface area (Å²) in [5, 5.41) is 0. The Morgan fingerprint density at radius 3 is 2.11 bits per heavy atom. The van der Waals surface area contributed by atoms with Crippen molar-refractivity contribution in [3.63, 3.8) is 0 Å². The van der Waals surface area contributed by atoms with Gasteiger partial charge in [0.1, 0.15) is 0 Å². The van der Waals surface area contributed by atoms with Crippen LogP contribution < -0.4 is 5.73 Å². The molecule has 1 spiro atoms. The number of primary amides is 1. The van der Waals surface area contributed by atoms with Crippen molar-refractivity contribution in [1.29, 1.82) is 0 Å². The van der Waals surface area contributed by atoms with Crippen molar-refractivity contribution >= 4 is 11.8 Å². The Morgan fingerprint density at radius 1 is 0.857 bits per heavy atom. The van der Waals surface area contributed by atoms with Gasteiger partial charge in [-0.15, -0.1) is 0 Å². The van der Waals surface area contributed by atoms with E-state index in [0.717, 1.165) is 45.6 Å². The highest BCUT2D eigenvalue weighted by Crippen LogP contribution is 2.41. The highest BCUT2D eigenvalue weighted by Gasteiger charge is 2.41. The fourth-order valence-electron chi connectivity index (χ4n) is 4.56. The molecule has 5 nitrogen and oxygen atoms in total. The molecule has 5 heteroatoms. The summed E-state index contributed by atoms with van der Waals surface area (Å²) in [6.07, 6.45) is 3.34. The normalized spacial score (nSPS) is 19.1. The first-order chi connectivity index (χ1) is 13.5. The molecule has 28 heavy (non-hydrogen) atoms. The van der Waals surface area contributed by atoms with Crippen LogP contribution in [0.3, 0.4) is 0 Å². The van der Waals surface area contributed by atoms with E-state index in [1.54, 1.807) is 24.3 Å². The molecule has 2 aromatic rings. The Balaban J connectivity index is 1.33. The first kappa shape index (κ1) is 18.7. The van der Waals surface area contributed by atoms with Crippen LogP contribution in [0.2, 0.25) is 0 Å². The van der Waals surface area contributed by atoms with Gasteiger partial charge in [0.05, 0.1) is 0 Å². The molecule has 0 atom stereocenters. The maximum Gasteiger partial charge on any atom is 0.253 e. The third-order valence-electron chi connectivity index (χ3n) is 6.29. The van der Waals surface area contributed by atoms with E-state index in [4.69, 9.17) is 5.73 Å². The molecule has 0 aromatic heterocycles. The molecule has 2 amide bonds. The lowest BCUT2D eigenvalue weighted by Gasteiger charge is -2.39. The molecule has 4 rings (SSSR count). The summed E-state index contributed by atoms with van der Waals surface area (Å²) in [5.41, 5.74) is 8.04. The van der Waals surface area contributed by atoms with Crippen molar-refractivity contribution in [3.8, 4) is 0 Å². The Kier molecular flexibility index (Phi) is 5.18. The minimum absolute atomic E-state index is 0.0463. The minimum atomic E-state index is -0.472. The zero-order valence-electron chi connectivity index (χ0n) is 16.1. The number of hydrogen-bond donors (Lipinski definition) is 1. The third-order valence-corrected chi connectivity index (χ3v) is 6.29. The van der Waals surface area contributed by atoms with Crippen LogP contribution in [-0.4, -0.2) is 47.8 Å². The molecule has 0 aliphatic carbocycles. The van der Waals surface area contributed by atoms with Crippen LogP contribution >= 0.6 is 0 Å². The van der Waals surface area contributed by atoms with E-state index in [9.17, 15) is 9.59 Å². The number of carbonyl (C=O) groups is 2. The van der Waals surface area contributed by atoms with Gasteiger partial charge < -0.3 is 10.6 Å². The van der Waals surface area contributed by atoms with Crippen LogP contribution in [0.1, 0.15) is 45.5 Å². The average Bonchev–Trinajstić information content (AvgIpc) is 3.11. The molecule has 0 unspecified atom stereocenters. The number of rotatable bonds is 4. The highest BCUT2D eigenvalue weighted by molar-refractivity contribution is 5.97. The van der Waals surface area contributed by atoms with Gasteiger partial charge in [-0.3, -0.25) is 14.5 Å². The molecule has 2 heterocycles. The Hall–Kier alpha value is -2.66. The predicted molar refractivity (Wildman–Crippen MR) is 109 cm³/mol. The summed E-state index contributed by atoms with van der Waals surface area (Å²) in [6.45, 7) is 4.87. The predicted octanol–water partition coefficient (Wildman–Crippen LogP) is 2.91. The molecule has 2 aliphatic rings. The summed E-state index contributed by atoms with van der Waals surface area (Å²) in [5.74, 6) is -0.426. The van der Waals surface area contributed by atoms with E-state index in [1.165, 1.54) is 12.0 Å². The Labute approximate surface area is 166 Å². The second kappa shape index (κ2) is 7.76. The third kappa shape index (κ3) is 3.94. The number of hydrogen-bond acceptors (Lipinski definition) is 3. The summed E-state index contributed by atoms with van der Waals surface area (Å²) in [4.78, 5) is 28.5. The minimum Gasteiger partial charge on any atom is -0.366 e. The Morgan fingerprint density at radius 2 is 1.46 bits per heavy atom. The van der Waals surface area contributed by atoms with E-state index < -0.39 is 5.91 Å². The smallest absolute Gasteiger partial charge is 0.253 e. The van der Waals surface area contributed by atoms with E-state index in [-0.39, 0.29) is 5.91 Å². The second-order valence-corrected chi connectivity index (χ2v) is 8.18. The summed E-state index contributed by atoms with van der Waals surface area (Å²) >= 11 is 0. The van der Waals surface area contributed by atoms with Crippen molar-refractivity contribution in [1.82, 2.24) is 9.80 Å².